The molecule has 0 aliphatic heterocycles. The molecule has 0 aromatic carbocycles. The lowest BCUT2D eigenvalue weighted by Gasteiger charge is -2.30. The van der Waals surface area contributed by atoms with Crippen LogP contribution < -0.4 is 5.32 Å². The van der Waals surface area contributed by atoms with Gasteiger partial charge in [-0.2, -0.15) is 4.98 Å². The summed E-state index contributed by atoms with van der Waals surface area (Å²) < 4.78 is 10.7. The van der Waals surface area contributed by atoms with Crippen LogP contribution in [0, 0.1) is 12.8 Å². The molecule has 1 aliphatic carbocycles. The molecule has 1 aliphatic rings. The standard InChI is InChI=1S/C15H21N3O2/c1-10-12(7-8-19-10)15-17-14(20-18-15)9-11-5-3-4-6-13(11)16-2/h7-8,11,13,16H,3-6,9H2,1-2H3. The average Bonchev–Trinajstić information content (AvgIpc) is 3.08. The summed E-state index contributed by atoms with van der Waals surface area (Å²) in [6.07, 6.45) is 7.58. The van der Waals surface area contributed by atoms with Crippen LogP contribution in [0.4, 0.5) is 0 Å². The Kier molecular flexibility index (Phi) is 3.87. The number of aryl methyl sites for hydroxylation is 1. The first-order chi connectivity index (χ1) is 9.78. The molecule has 0 spiro atoms. The summed E-state index contributed by atoms with van der Waals surface area (Å²) in [5, 5.41) is 7.48. The van der Waals surface area contributed by atoms with E-state index >= 15 is 0 Å². The molecule has 0 saturated heterocycles. The fraction of sp³-hybridized carbons (Fsp3) is 0.600. The molecule has 0 bridgehead atoms. The molecule has 5 heteroatoms. The van der Waals surface area contributed by atoms with Gasteiger partial charge in [0.05, 0.1) is 11.8 Å². The highest BCUT2D eigenvalue weighted by Gasteiger charge is 2.26. The third kappa shape index (κ3) is 2.63. The zero-order chi connectivity index (χ0) is 13.9. The van der Waals surface area contributed by atoms with E-state index in [0.717, 1.165) is 23.6 Å². The molecular weight excluding hydrogens is 254 g/mol. The predicted molar refractivity (Wildman–Crippen MR) is 75.2 cm³/mol. The molecule has 20 heavy (non-hydrogen) atoms. The Morgan fingerprint density at radius 3 is 2.95 bits per heavy atom. The summed E-state index contributed by atoms with van der Waals surface area (Å²) in [6.45, 7) is 1.91. The van der Waals surface area contributed by atoms with Crippen molar-refractivity contribution in [1.82, 2.24) is 15.5 Å². The maximum absolute atomic E-state index is 5.41. The highest BCUT2D eigenvalue weighted by Crippen LogP contribution is 2.28. The fourth-order valence-electron chi connectivity index (χ4n) is 3.12. The maximum atomic E-state index is 5.41. The van der Waals surface area contributed by atoms with Gasteiger partial charge in [-0.05, 0) is 38.8 Å². The Balaban J connectivity index is 1.72. The molecule has 1 N–H and O–H groups in total. The van der Waals surface area contributed by atoms with Gasteiger partial charge in [0.15, 0.2) is 0 Å². The Hall–Kier alpha value is -1.62. The van der Waals surface area contributed by atoms with Crippen LogP contribution in [0.15, 0.2) is 21.3 Å². The zero-order valence-electron chi connectivity index (χ0n) is 12.1. The lowest BCUT2D eigenvalue weighted by Crippen LogP contribution is -2.37. The van der Waals surface area contributed by atoms with Gasteiger partial charge < -0.3 is 14.3 Å². The molecule has 2 aromatic rings. The summed E-state index contributed by atoms with van der Waals surface area (Å²) in [5.74, 6) is 2.77. The number of hydrogen-bond donors (Lipinski definition) is 1. The molecule has 2 aromatic heterocycles. The van der Waals surface area contributed by atoms with Crippen LogP contribution in [0.2, 0.25) is 0 Å². The van der Waals surface area contributed by atoms with Crippen molar-refractivity contribution in [1.29, 1.82) is 0 Å². The van der Waals surface area contributed by atoms with E-state index in [-0.39, 0.29) is 0 Å². The van der Waals surface area contributed by atoms with E-state index in [1.807, 2.05) is 20.0 Å². The van der Waals surface area contributed by atoms with Crippen molar-refractivity contribution >= 4 is 0 Å². The van der Waals surface area contributed by atoms with Crippen LogP contribution in [0.3, 0.4) is 0 Å². The maximum Gasteiger partial charge on any atom is 0.227 e. The molecular formula is C15H21N3O2. The van der Waals surface area contributed by atoms with Gasteiger partial charge in [0, 0.05) is 12.5 Å². The molecule has 0 radical (unpaired) electrons. The van der Waals surface area contributed by atoms with E-state index < -0.39 is 0 Å². The van der Waals surface area contributed by atoms with Crippen LogP contribution in [0.5, 0.6) is 0 Å². The number of rotatable bonds is 4. The van der Waals surface area contributed by atoms with Crippen molar-refractivity contribution < 1.29 is 8.94 Å². The molecule has 2 heterocycles. The number of aromatic nitrogens is 2. The Morgan fingerprint density at radius 1 is 1.35 bits per heavy atom. The third-order valence-electron chi connectivity index (χ3n) is 4.28. The second-order valence-corrected chi connectivity index (χ2v) is 5.55. The molecule has 3 rings (SSSR count). The van der Waals surface area contributed by atoms with Gasteiger partial charge in [-0.15, -0.1) is 0 Å². The van der Waals surface area contributed by atoms with Crippen molar-refractivity contribution in [2.75, 3.05) is 7.05 Å². The quantitative estimate of drug-likeness (QED) is 0.929. The van der Waals surface area contributed by atoms with Crippen LogP contribution in [-0.2, 0) is 6.42 Å². The number of furan rings is 1. The third-order valence-corrected chi connectivity index (χ3v) is 4.28. The lowest BCUT2D eigenvalue weighted by atomic mass is 9.82. The number of nitrogens with one attached hydrogen (secondary N) is 1. The van der Waals surface area contributed by atoms with Crippen LogP contribution in [-0.4, -0.2) is 23.2 Å². The van der Waals surface area contributed by atoms with E-state index in [2.05, 4.69) is 15.5 Å². The van der Waals surface area contributed by atoms with Gasteiger partial charge in [0.1, 0.15) is 5.76 Å². The molecule has 2 atom stereocenters. The largest absolute Gasteiger partial charge is 0.469 e. The topological polar surface area (TPSA) is 64.1 Å². The second kappa shape index (κ2) is 5.79. The van der Waals surface area contributed by atoms with E-state index in [4.69, 9.17) is 8.94 Å². The van der Waals surface area contributed by atoms with E-state index in [1.165, 1.54) is 25.7 Å². The van der Waals surface area contributed by atoms with Crippen LogP contribution in [0.25, 0.3) is 11.4 Å². The Bertz CT molecular complexity index is 561. The molecule has 0 amide bonds. The van der Waals surface area contributed by atoms with Crippen molar-refractivity contribution in [3.63, 3.8) is 0 Å². The summed E-state index contributed by atoms with van der Waals surface area (Å²) >= 11 is 0. The van der Waals surface area contributed by atoms with Crippen molar-refractivity contribution in [3.05, 3.63) is 24.0 Å². The molecule has 5 nitrogen and oxygen atoms in total. The van der Waals surface area contributed by atoms with Gasteiger partial charge in [0.2, 0.25) is 11.7 Å². The average molecular weight is 275 g/mol. The van der Waals surface area contributed by atoms with E-state index in [0.29, 0.717) is 17.8 Å². The Morgan fingerprint density at radius 2 is 2.20 bits per heavy atom. The first kappa shape index (κ1) is 13.4. The summed E-state index contributed by atoms with van der Waals surface area (Å²) in [7, 11) is 2.04. The van der Waals surface area contributed by atoms with E-state index in [9.17, 15) is 0 Å². The summed E-state index contributed by atoms with van der Waals surface area (Å²) in [5.41, 5.74) is 0.911. The molecule has 1 saturated carbocycles. The SMILES string of the molecule is CNC1CCCCC1Cc1nc(-c2ccoc2C)no1. The fourth-order valence-corrected chi connectivity index (χ4v) is 3.12. The first-order valence-corrected chi connectivity index (χ1v) is 7.32. The minimum absolute atomic E-state index is 0.565. The van der Waals surface area contributed by atoms with Crippen molar-refractivity contribution in [2.24, 2.45) is 5.92 Å². The van der Waals surface area contributed by atoms with Gasteiger partial charge in [-0.1, -0.05) is 18.0 Å². The van der Waals surface area contributed by atoms with Crippen LogP contribution in [0.1, 0.15) is 37.3 Å². The zero-order valence-corrected chi connectivity index (χ0v) is 12.1. The molecule has 2 unspecified atom stereocenters. The van der Waals surface area contributed by atoms with Gasteiger partial charge in [0.25, 0.3) is 0 Å². The molecule has 108 valence electrons. The smallest absolute Gasteiger partial charge is 0.227 e. The summed E-state index contributed by atoms with van der Waals surface area (Å²) in [6, 6.07) is 2.44. The van der Waals surface area contributed by atoms with E-state index in [1.54, 1.807) is 6.26 Å². The Labute approximate surface area is 118 Å². The monoisotopic (exact) mass is 275 g/mol. The number of hydrogen-bond acceptors (Lipinski definition) is 5. The highest BCUT2D eigenvalue weighted by atomic mass is 16.5. The second-order valence-electron chi connectivity index (χ2n) is 5.55. The van der Waals surface area contributed by atoms with Gasteiger partial charge in [-0.3, -0.25) is 0 Å². The first-order valence-electron chi connectivity index (χ1n) is 7.32. The predicted octanol–water partition coefficient (Wildman–Crippen LogP) is 2.96. The normalized spacial score (nSPS) is 23.1. The highest BCUT2D eigenvalue weighted by molar-refractivity contribution is 5.56. The van der Waals surface area contributed by atoms with Crippen LogP contribution >= 0.6 is 0 Å². The summed E-state index contributed by atoms with van der Waals surface area (Å²) in [4.78, 5) is 4.51. The van der Waals surface area contributed by atoms with Gasteiger partial charge in [-0.25, -0.2) is 0 Å². The van der Waals surface area contributed by atoms with Crippen molar-refractivity contribution in [3.8, 4) is 11.4 Å². The minimum atomic E-state index is 0.565. The molecule has 1 fully saturated rings. The van der Waals surface area contributed by atoms with Crippen molar-refractivity contribution in [2.45, 2.75) is 45.1 Å². The van der Waals surface area contributed by atoms with Gasteiger partial charge >= 0.3 is 0 Å². The lowest BCUT2D eigenvalue weighted by molar-refractivity contribution is 0.248. The number of nitrogens with zero attached hydrogens (tertiary/aromatic N) is 2. The minimum Gasteiger partial charge on any atom is -0.469 e.